The van der Waals surface area contributed by atoms with Crippen LogP contribution in [0, 0.1) is 6.92 Å². The number of hydrogen-bond donors (Lipinski definition) is 2. The van der Waals surface area contributed by atoms with E-state index in [1.54, 1.807) is 17.5 Å². The van der Waals surface area contributed by atoms with E-state index in [-0.39, 0.29) is 5.95 Å². The zero-order valence-electron chi connectivity index (χ0n) is 11.3. The summed E-state index contributed by atoms with van der Waals surface area (Å²) >= 11 is 1.68. The zero-order chi connectivity index (χ0) is 14.1. The summed E-state index contributed by atoms with van der Waals surface area (Å²) in [6.45, 7) is 2.86. The molecule has 0 spiro atoms. The highest BCUT2D eigenvalue weighted by Crippen LogP contribution is 2.22. The topological polar surface area (TPSA) is 96.6 Å². The van der Waals surface area contributed by atoms with Crippen molar-refractivity contribution in [3.05, 3.63) is 22.3 Å². The molecule has 3 aromatic heterocycles. The molecule has 0 aromatic carbocycles. The third-order valence-electron chi connectivity index (χ3n) is 3.19. The Bertz CT molecular complexity index is 732. The van der Waals surface area contributed by atoms with Crippen molar-refractivity contribution in [1.29, 1.82) is 0 Å². The highest BCUT2D eigenvalue weighted by Gasteiger charge is 2.13. The van der Waals surface area contributed by atoms with Crippen LogP contribution in [0.25, 0.3) is 11.0 Å². The number of thiazole rings is 1. The Morgan fingerprint density at radius 3 is 3.00 bits per heavy atom. The molecule has 3 aromatic rings. The number of hydrogen-bond acceptors (Lipinski definition) is 7. The summed E-state index contributed by atoms with van der Waals surface area (Å²) in [6, 6.07) is 0. The van der Waals surface area contributed by atoms with Gasteiger partial charge in [-0.1, -0.05) is 0 Å². The van der Waals surface area contributed by atoms with Crippen molar-refractivity contribution in [1.82, 2.24) is 25.1 Å². The lowest BCUT2D eigenvalue weighted by atomic mass is 10.3. The predicted octanol–water partition coefficient (Wildman–Crippen LogP) is 1.38. The minimum atomic E-state index is 0.248. The Labute approximate surface area is 119 Å². The first-order valence-corrected chi connectivity index (χ1v) is 7.10. The SMILES string of the molecule is Cc1ncsc1CCN(C)c1nc(N)nc2[nH]ncc12. The Morgan fingerprint density at radius 2 is 2.25 bits per heavy atom. The van der Waals surface area contributed by atoms with Crippen molar-refractivity contribution in [2.75, 3.05) is 24.2 Å². The molecule has 104 valence electrons. The second-order valence-electron chi connectivity index (χ2n) is 4.57. The number of aryl methyl sites for hydroxylation is 1. The number of likely N-dealkylation sites (N-methyl/N-ethyl adjacent to an activating group) is 1. The van der Waals surface area contributed by atoms with E-state index in [9.17, 15) is 0 Å². The third-order valence-corrected chi connectivity index (χ3v) is 4.18. The number of nitrogens with one attached hydrogen (secondary N) is 1. The standard InChI is InChI=1S/C12H15N7S/c1-7-9(20-6-14-7)3-4-19(2)11-8-5-15-18-10(8)16-12(13)17-11/h5-6H,3-4H2,1-2H3,(H3,13,15,16,17,18). The first-order chi connectivity index (χ1) is 9.65. The van der Waals surface area contributed by atoms with E-state index in [2.05, 4.69) is 30.0 Å². The lowest BCUT2D eigenvalue weighted by Gasteiger charge is -2.18. The maximum Gasteiger partial charge on any atom is 0.224 e. The van der Waals surface area contributed by atoms with E-state index in [1.165, 1.54) is 4.88 Å². The molecule has 0 saturated heterocycles. The molecule has 0 aliphatic rings. The minimum Gasteiger partial charge on any atom is -0.368 e. The average Bonchev–Trinajstić information content (AvgIpc) is 3.03. The molecule has 0 radical (unpaired) electrons. The molecule has 3 N–H and O–H groups in total. The summed E-state index contributed by atoms with van der Waals surface area (Å²) in [4.78, 5) is 16.1. The van der Waals surface area contributed by atoms with Crippen LogP contribution in [0.3, 0.4) is 0 Å². The number of aromatic nitrogens is 5. The first-order valence-electron chi connectivity index (χ1n) is 6.22. The smallest absolute Gasteiger partial charge is 0.224 e. The summed E-state index contributed by atoms with van der Waals surface area (Å²) < 4.78 is 0. The number of fused-ring (bicyclic) bond motifs is 1. The number of anilines is 2. The van der Waals surface area contributed by atoms with Gasteiger partial charge < -0.3 is 10.6 Å². The quantitative estimate of drug-likeness (QED) is 0.753. The highest BCUT2D eigenvalue weighted by molar-refractivity contribution is 7.09. The zero-order valence-corrected chi connectivity index (χ0v) is 12.1. The van der Waals surface area contributed by atoms with E-state index in [1.807, 2.05) is 19.5 Å². The molecule has 0 aliphatic carbocycles. The fourth-order valence-corrected chi connectivity index (χ4v) is 2.84. The maximum absolute atomic E-state index is 5.73. The summed E-state index contributed by atoms with van der Waals surface area (Å²) in [7, 11) is 1.99. The van der Waals surface area contributed by atoms with Crippen LogP contribution in [-0.4, -0.2) is 38.7 Å². The van der Waals surface area contributed by atoms with Gasteiger partial charge in [-0.15, -0.1) is 11.3 Å². The van der Waals surface area contributed by atoms with E-state index in [0.717, 1.165) is 29.9 Å². The number of H-pyrrole nitrogens is 1. The van der Waals surface area contributed by atoms with E-state index >= 15 is 0 Å². The van der Waals surface area contributed by atoms with Crippen molar-refractivity contribution >= 4 is 34.1 Å². The van der Waals surface area contributed by atoms with E-state index < -0.39 is 0 Å². The van der Waals surface area contributed by atoms with Gasteiger partial charge in [0.1, 0.15) is 5.82 Å². The molecular formula is C12H15N7S. The molecule has 20 heavy (non-hydrogen) atoms. The molecule has 0 aliphatic heterocycles. The van der Waals surface area contributed by atoms with Crippen molar-refractivity contribution < 1.29 is 0 Å². The molecule has 3 rings (SSSR count). The van der Waals surface area contributed by atoms with Crippen LogP contribution < -0.4 is 10.6 Å². The second-order valence-corrected chi connectivity index (χ2v) is 5.51. The van der Waals surface area contributed by atoms with Crippen LogP contribution in [0.1, 0.15) is 10.6 Å². The van der Waals surface area contributed by atoms with E-state index in [4.69, 9.17) is 5.73 Å². The van der Waals surface area contributed by atoms with Gasteiger partial charge in [0.25, 0.3) is 0 Å². The summed E-state index contributed by atoms with van der Waals surface area (Å²) in [5.41, 5.74) is 9.37. The van der Waals surface area contributed by atoms with Crippen LogP contribution in [0.2, 0.25) is 0 Å². The lowest BCUT2D eigenvalue weighted by Crippen LogP contribution is -2.22. The van der Waals surface area contributed by atoms with Gasteiger partial charge in [0.05, 0.1) is 22.8 Å². The number of nitrogens with two attached hydrogens (primary N) is 1. The molecule has 8 heteroatoms. The second kappa shape index (κ2) is 5.04. The van der Waals surface area contributed by atoms with Crippen molar-refractivity contribution in [2.45, 2.75) is 13.3 Å². The Hall–Kier alpha value is -2.22. The summed E-state index contributed by atoms with van der Waals surface area (Å²) in [5.74, 6) is 1.04. The highest BCUT2D eigenvalue weighted by atomic mass is 32.1. The van der Waals surface area contributed by atoms with Gasteiger partial charge in [-0.25, -0.2) is 4.98 Å². The van der Waals surface area contributed by atoms with E-state index in [0.29, 0.717) is 5.65 Å². The van der Waals surface area contributed by atoms with Crippen LogP contribution in [0.15, 0.2) is 11.7 Å². The summed E-state index contributed by atoms with van der Waals surface area (Å²) in [5, 5.41) is 7.69. The van der Waals surface area contributed by atoms with Gasteiger partial charge in [0, 0.05) is 24.9 Å². The van der Waals surface area contributed by atoms with Gasteiger partial charge in [-0.05, 0) is 6.92 Å². The van der Waals surface area contributed by atoms with Gasteiger partial charge in [-0.2, -0.15) is 15.1 Å². The lowest BCUT2D eigenvalue weighted by molar-refractivity contribution is 0.866. The normalized spacial score (nSPS) is 11.1. The van der Waals surface area contributed by atoms with Gasteiger partial charge in [0.15, 0.2) is 5.65 Å². The van der Waals surface area contributed by atoms with Crippen LogP contribution in [0.5, 0.6) is 0 Å². The van der Waals surface area contributed by atoms with Crippen molar-refractivity contribution in [3.63, 3.8) is 0 Å². The summed E-state index contributed by atoms with van der Waals surface area (Å²) in [6.07, 6.45) is 2.65. The fraction of sp³-hybridized carbons (Fsp3) is 0.333. The van der Waals surface area contributed by atoms with Crippen molar-refractivity contribution in [2.24, 2.45) is 0 Å². The molecule has 0 bridgehead atoms. The van der Waals surface area contributed by atoms with Crippen LogP contribution >= 0.6 is 11.3 Å². The molecular weight excluding hydrogens is 274 g/mol. The van der Waals surface area contributed by atoms with Crippen LogP contribution in [0.4, 0.5) is 11.8 Å². The largest absolute Gasteiger partial charge is 0.368 e. The van der Waals surface area contributed by atoms with Gasteiger partial charge in [0.2, 0.25) is 5.95 Å². The third kappa shape index (κ3) is 2.29. The molecule has 7 nitrogen and oxygen atoms in total. The average molecular weight is 289 g/mol. The van der Waals surface area contributed by atoms with Crippen molar-refractivity contribution in [3.8, 4) is 0 Å². The number of aromatic amines is 1. The molecule has 3 heterocycles. The predicted molar refractivity (Wildman–Crippen MR) is 79.9 cm³/mol. The van der Waals surface area contributed by atoms with Gasteiger partial charge >= 0.3 is 0 Å². The number of nitrogen functional groups attached to an aromatic ring is 1. The number of nitrogens with zero attached hydrogens (tertiary/aromatic N) is 5. The Balaban J connectivity index is 1.83. The molecule has 0 fully saturated rings. The minimum absolute atomic E-state index is 0.248. The Morgan fingerprint density at radius 1 is 1.40 bits per heavy atom. The van der Waals surface area contributed by atoms with Gasteiger partial charge in [-0.3, -0.25) is 5.10 Å². The molecule has 0 amide bonds. The molecule has 0 saturated carbocycles. The molecule has 0 atom stereocenters. The maximum atomic E-state index is 5.73. The van der Waals surface area contributed by atoms with Crippen LogP contribution in [-0.2, 0) is 6.42 Å². The first kappa shape index (κ1) is 12.8. The molecule has 0 unspecified atom stereocenters. The Kier molecular flexibility index (Phi) is 3.23. The fourth-order valence-electron chi connectivity index (χ4n) is 2.07. The number of rotatable bonds is 4. The monoisotopic (exact) mass is 289 g/mol.